The Hall–Kier alpha value is -0.900. The molecule has 0 saturated carbocycles. The van der Waals surface area contributed by atoms with E-state index in [1.165, 1.54) is 22.5 Å². The predicted molar refractivity (Wildman–Crippen MR) is 103 cm³/mol. The van der Waals surface area contributed by atoms with E-state index in [-0.39, 0.29) is 28.2 Å². The third kappa shape index (κ3) is 5.34. The highest BCUT2D eigenvalue weighted by atomic mass is 35.5. The lowest BCUT2D eigenvalue weighted by Crippen LogP contribution is -2.49. The van der Waals surface area contributed by atoms with Crippen molar-refractivity contribution >= 4 is 39.1 Å². The first-order valence-corrected chi connectivity index (χ1v) is 11.1. The number of morpholine rings is 1. The third-order valence-electron chi connectivity index (χ3n) is 4.76. The van der Waals surface area contributed by atoms with Crippen molar-refractivity contribution in [2.45, 2.75) is 24.2 Å². The van der Waals surface area contributed by atoms with Crippen molar-refractivity contribution < 1.29 is 17.9 Å². The Morgan fingerprint density at radius 3 is 2.67 bits per heavy atom. The van der Waals surface area contributed by atoms with Gasteiger partial charge in [-0.15, -0.1) is 0 Å². The molecule has 1 aromatic rings. The van der Waals surface area contributed by atoms with Gasteiger partial charge in [-0.2, -0.15) is 4.31 Å². The van der Waals surface area contributed by atoms with E-state index in [1.54, 1.807) is 0 Å². The number of nitrogens with one attached hydrogen (secondary N) is 1. The molecule has 1 amide bonds. The summed E-state index contributed by atoms with van der Waals surface area (Å²) in [4.78, 5) is 12.3. The van der Waals surface area contributed by atoms with Gasteiger partial charge in [0, 0.05) is 37.6 Å². The number of hydrazine groups is 1. The summed E-state index contributed by atoms with van der Waals surface area (Å²) in [7, 11) is -3.72. The van der Waals surface area contributed by atoms with Crippen molar-refractivity contribution in [1.82, 2.24) is 14.7 Å². The normalized spacial score (nSPS) is 22.5. The minimum absolute atomic E-state index is 0.0272. The molecule has 2 heterocycles. The molecular weight excluding hydrogens is 413 g/mol. The summed E-state index contributed by atoms with van der Waals surface area (Å²) >= 11 is 12.0. The van der Waals surface area contributed by atoms with Crippen molar-refractivity contribution in [2.75, 3.05) is 39.4 Å². The quantitative estimate of drug-likeness (QED) is 0.766. The third-order valence-corrected chi connectivity index (χ3v) is 7.34. The van der Waals surface area contributed by atoms with Gasteiger partial charge in [0.25, 0.3) is 0 Å². The second-order valence-electron chi connectivity index (χ2n) is 6.78. The van der Waals surface area contributed by atoms with Crippen LogP contribution in [0.2, 0.25) is 10.0 Å². The van der Waals surface area contributed by atoms with Crippen molar-refractivity contribution in [3.8, 4) is 0 Å². The maximum absolute atomic E-state index is 12.9. The fourth-order valence-corrected chi connectivity index (χ4v) is 5.70. The molecule has 2 fully saturated rings. The van der Waals surface area contributed by atoms with E-state index >= 15 is 0 Å². The first-order chi connectivity index (χ1) is 12.9. The number of piperidine rings is 1. The first kappa shape index (κ1) is 20.8. The van der Waals surface area contributed by atoms with Gasteiger partial charge in [0.15, 0.2) is 0 Å². The molecule has 1 unspecified atom stereocenters. The van der Waals surface area contributed by atoms with Crippen molar-refractivity contribution in [1.29, 1.82) is 0 Å². The number of sulfonamides is 1. The van der Waals surface area contributed by atoms with Crippen molar-refractivity contribution in [3.63, 3.8) is 0 Å². The highest BCUT2D eigenvalue weighted by molar-refractivity contribution is 7.89. The lowest BCUT2D eigenvalue weighted by molar-refractivity contribution is -0.129. The number of halogens is 2. The summed E-state index contributed by atoms with van der Waals surface area (Å²) in [6, 6.07) is 4.36. The zero-order chi connectivity index (χ0) is 19.4. The van der Waals surface area contributed by atoms with Crippen LogP contribution in [0.3, 0.4) is 0 Å². The minimum atomic E-state index is -3.72. The second kappa shape index (κ2) is 9.07. The van der Waals surface area contributed by atoms with Gasteiger partial charge in [-0.25, -0.2) is 13.4 Å². The molecule has 3 rings (SSSR count). The molecule has 1 atom stereocenters. The van der Waals surface area contributed by atoms with Gasteiger partial charge in [0.2, 0.25) is 15.9 Å². The van der Waals surface area contributed by atoms with Gasteiger partial charge in [-0.3, -0.25) is 10.2 Å². The average molecular weight is 436 g/mol. The number of carbonyl (C=O) groups excluding carboxylic acids is 1. The summed E-state index contributed by atoms with van der Waals surface area (Å²) in [5.74, 6) is -0.119. The molecule has 0 spiro atoms. The zero-order valence-corrected chi connectivity index (χ0v) is 17.2. The second-order valence-corrected chi connectivity index (χ2v) is 9.53. The maximum Gasteiger partial charge on any atom is 0.244 e. The molecule has 2 saturated heterocycles. The van der Waals surface area contributed by atoms with Crippen LogP contribution in [-0.2, 0) is 19.6 Å². The fraction of sp³-hybridized carbons (Fsp3) is 0.588. The monoisotopic (exact) mass is 435 g/mol. The van der Waals surface area contributed by atoms with Crippen LogP contribution in [0.5, 0.6) is 0 Å². The predicted octanol–water partition coefficient (Wildman–Crippen LogP) is 2.15. The molecule has 2 aliphatic rings. The topological polar surface area (TPSA) is 79.0 Å². The molecule has 1 N–H and O–H groups in total. The molecule has 0 aromatic heterocycles. The smallest absolute Gasteiger partial charge is 0.244 e. The number of hydrogen-bond acceptors (Lipinski definition) is 5. The molecule has 0 aliphatic carbocycles. The number of ether oxygens (including phenoxy) is 1. The Morgan fingerprint density at radius 2 is 1.96 bits per heavy atom. The molecule has 2 aliphatic heterocycles. The number of benzene rings is 1. The van der Waals surface area contributed by atoms with Gasteiger partial charge < -0.3 is 4.74 Å². The fourth-order valence-electron chi connectivity index (χ4n) is 3.39. The SMILES string of the molecule is O=C(CC1CCCN(S(=O)(=O)c2ccc(Cl)cc2Cl)C1)NN1CCOCC1. The summed E-state index contributed by atoms with van der Waals surface area (Å²) < 4.78 is 32.6. The Kier molecular flexibility index (Phi) is 6.99. The van der Waals surface area contributed by atoms with Crippen LogP contribution in [0, 0.1) is 5.92 Å². The van der Waals surface area contributed by atoms with Crippen LogP contribution >= 0.6 is 23.2 Å². The van der Waals surface area contributed by atoms with E-state index in [2.05, 4.69) is 5.43 Å². The lowest BCUT2D eigenvalue weighted by Gasteiger charge is -2.33. The number of rotatable bonds is 5. The average Bonchev–Trinajstić information content (AvgIpc) is 2.62. The standard InChI is InChI=1S/C17H23Cl2N3O4S/c18-14-3-4-16(15(19)11-14)27(24,25)22-5-1-2-13(12-22)10-17(23)20-21-6-8-26-9-7-21/h3-4,11,13H,1-2,5-10,12H2,(H,20,23). The zero-order valence-electron chi connectivity index (χ0n) is 14.9. The van der Waals surface area contributed by atoms with Gasteiger partial charge in [-0.1, -0.05) is 23.2 Å². The summed E-state index contributed by atoms with van der Waals surface area (Å²) in [6.45, 7) is 3.23. The van der Waals surface area contributed by atoms with Crippen molar-refractivity contribution in [2.24, 2.45) is 5.92 Å². The van der Waals surface area contributed by atoms with Crippen LogP contribution in [0.25, 0.3) is 0 Å². The van der Waals surface area contributed by atoms with Crippen molar-refractivity contribution in [3.05, 3.63) is 28.2 Å². The number of hydrogen-bond donors (Lipinski definition) is 1. The van der Waals surface area contributed by atoms with Crippen LogP contribution < -0.4 is 5.43 Å². The van der Waals surface area contributed by atoms with E-state index < -0.39 is 10.0 Å². The highest BCUT2D eigenvalue weighted by Gasteiger charge is 2.32. The van der Waals surface area contributed by atoms with E-state index in [1.807, 2.05) is 5.01 Å². The molecule has 10 heteroatoms. The number of carbonyl (C=O) groups is 1. The van der Waals surface area contributed by atoms with E-state index in [4.69, 9.17) is 27.9 Å². The number of nitrogens with zero attached hydrogens (tertiary/aromatic N) is 2. The van der Waals surface area contributed by atoms with Crippen LogP contribution in [-0.4, -0.2) is 63.0 Å². The molecule has 27 heavy (non-hydrogen) atoms. The molecule has 7 nitrogen and oxygen atoms in total. The van der Waals surface area contributed by atoms with E-state index in [9.17, 15) is 13.2 Å². The highest BCUT2D eigenvalue weighted by Crippen LogP contribution is 2.30. The number of amides is 1. The van der Waals surface area contributed by atoms with Gasteiger partial charge in [-0.05, 0) is 37.0 Å². The Morgan fingerprint density at radius 1 is 1.22 bits per heavy atom. The largest absolute Gasteiger partial charge is 0.379 e. The van der Waals surface area contributed by atoms with Crippen LogP contribution in [0.4, 0.5) is 0 Å². The summed E-state index contributed by atoms with van der Waals surface area (Å²) in [5, 5.41) is 2.33. The molecule has 150 valence electrons. The summed E-state index contributed by atoms with van der Waals surface area (Å²) in [5.41, 5.74) is 2.88. The van der Waals surface area contributed by atoms with Crippen LogP contribution in [0.15, 0.2) is 23.1 Å². The first-order valence-electron chi connectivity index (χ1n) is 8.93. The summed E-state index contributed by atoms with van der Waals surface area (Å²) in [6.07, 6.45) is 1.81. The van der Waals surface area contributed by atoms with E-state index in [0.717, 1.165) is 6.42 Å². The molecule has 1 aromatic carbocycles. The van der Waals surface area contributed by atoms with E-state index in [0.29, 0.717) is 50.8 Å². The van der Waals surface area contributed by atoms with Gasteiger partial charge >= 0.3 is 0 Å². The van der Waals surface area contributed by atoms with Gasteiger partial charge in [0.1, 0.15) is 4.90 Å². The molecule has 0 radical (unpaired) electrons. The minimum Gasteiger partial charge on any atom is -0.379 e. The van der Waals surface area contributed by atoms with Crippen LogP contribution in [0.1, 0.15) is 19.3 Å². The molecule has 0 bridgehead atoms. The Bertz CT molecular complexity index is 784. The Balaban J connectivity index is 1.62. The van der Waals surface area contributed by atoms with Gasteiger partial charge in [0.05, 0.1) is 18.2 Å². The Labute approximate surface area is 169 Å². The lowest BCUT2D eigenvalue weighted by atomic mass is 9.96. The maximum atomic E-state index is 12.9. The molecular formula is C17H23Cl2N3O4S.